The van der Waals surface area contributed by atoms with E-state index < -0.39 is 0 Å². The molecule has 1 amide bonds. The summed E-state index contributed by atoms with van der Waals surface area (Å²) >= 11 is 0. The molecule has 0 aliphatic rings. The Morgan fingerprint density at radius 1 is 1.00 bits per heavy atom. The molecule has 2 rings (SSSR count). The number of nitrogens with one attached hydrogen (secondary N) is 2. The molecule has 0 radical (unpaired) electrons. The second-order valence-electron chi connectivity index (χ2n) is 5.82. The van der Waals surface area contributed by atoms with Crippen LogP contribution in [0.5, 0.6) is 0 Å². The van der Waals surface area contributed by atoms with Crippen LogP contribution < -0.4 is 10.6 Å². The number of carbonyl (C=O) groups is 2. The lowest BCUT2D eigenvalue weighted by molar-refractivity contribution is 0.0526. The van der Waals surface area contributed by atoms with Gasteiger partial charge in [0.15, 0.2) is 0 Å². The average molecular weight is 355 g/mol. The van der Waals surface area contributed by atoms with E-state index in [9.17, 15) is 9.59 Å². The molecule has 0 atom stereocenters. The van der Waals surface area contributed by atoms with Gasteiger partial charge in [-0.2, -0.15) is 0 Å². The van der Waals surface area contributed by atoms with Crippen molar-refractivity contribution in [2.45, 2.75) is 33.1 Å². The summed E-state index contributed by atoms with van der Waals surface area (Å²) in [7, 11) is 0. The van der Waals surface area contributed by atoms with Crippen LogP contribution in [0.1, 0.15) is 54.0 Å². The van der Waals surface area contributed by atoms with Crippen LogP contribution in [0.2, 0.25) is 0 Å². The first kappa shape index (κ1) is 19.4. The number of aromatic nitrogens is 1. The number of amides is 1. The van der Waals surface area contributed by atoms with Crippen LogP contribution in [0.4, 0.5) is 11.4 Å². The summed E-state index contributed by atoms with van der Waals surface area (Å²) in [6, 6.07) is 10.1. The first-order valence-electron chi connectivity index (χ1n) is 8.92. The van der Waals surface area contributed by atoms with Crippen LogP contribution in [0.15, 0.2) is 42.6 Å². The zero-order valence-corrected chi connectivity index (χ0v) is 15.2. The fraction of sp³-hybridized carbons (Fsp3) is 0.350. The molecule has 1 aromatic carbocycles. The first-order chi connectivity index (χ1) is 12.6. The number of esters is 1. The van der Waals surface area contributed by atoms with Crippen LogP contribution in [-0.4, -0.2) is 30.0 Å². The van der Waals surface area contributed by atoms with E-state index >= 15 is 0 Å². The Bertz CT molecular complexity index is 712. The number of nitrogens with zero attached hydrogens (tertiary/aromatic N) is 1. The topological polar surface area (TPSA) is 80.3 Å². The molecule has 0 unspecified atom stereocenters. The first-order valence-corrected chi connectivity index (χ1v) is 8.92. The van der Waals surface area contributed by atoms with Crippen LogP contribution in [0, 0.1) is 0 Å². The highest BCUT2D eigenvalue weighted by atomic mass is 16.5. The highest BCUT2D eigenvalue weighted by molar-refractivity contribution is 6.03. The third-order valence-electron chi connectivity index (χ3n) is 3.76. The summed E-state index contributed by atoms with van der Waals surface area (Å²) in [6.07, 6.45) is 5.14. The SMILES string of the molecule is CCCCCNc1ccc(C(=O)Nc2ccc(C(=O)OCC)cc2)nc1. The van der Waals surface area contributed by atoms with Gasteiger partial charge in [-0.05, 0) is 49.7 Å². The van der Waals surface area contributed by atoms with Gasteiger partial charge in [0, 0.05) is 12.2 Å². The zero-order valence-electron chi connectivity index (χ0n) is 15.2. The number of hydrogen-bond acceptors (Lipinski definition) is 5. The van der Waals surface area contributed by atoms with E-state index in [1.165, 1.54) is 12.8 Å². The number of benzene rings is 1. The van der Waals surface area contributed by atoms with Crippen molar-refractivity contribution in [3.63, 3.8) is 0 Å². The second-order valence-corrected chi connectivity index (χ2v) is 5.82. The molecular weight excluding hydrogens is 330 g/mol. The molecule has 0 bridgehead atoms. The van der Waals surface area contributed by atoms with Crippen LogP contribution in [-0.2, 0) is 4.74 Å². The summed E-state index contributed by atoms with van der Waals surface area (Å²) in [5, 5.41) is 6.05. The summed E-state index contributed by atoms with van der Waals surface area (Å²) < 4.78 is 4.93. The molecule has 26 heavy (non-hydrogen) atoms. The maximum Gasteiger partial charge on any atom is 0.338 e. The third-order valence-corrected chi connectivity index (χ3v) is 3.76. The molecule has 0 fully saturated rings. The molecule has 6 nitrogen and oxygen atoms in total. The van der Waals surface area contributed by atoms with Crippen molar-refractivity contribution in [3.8, 4) is 0 Å². The fourth-order valence-corrected chi connectivity index (χ4v) is 2.34. The largest absolute Gasteiger partial charge is 0.462 e. The minimum absolute atomic E-state index is 0.300. The van der Waals surface area contributed by atoms with Crippen molar-refractivity contribution < 1.29 is 14.3 Å². The Morgan fingerprint density at radius 2 is 1.73 bits per heavy atom. The highest BCUT2D eigenvalue weighted by Crippen LogP contribution is 2.13. The van der Waals surface area contributed by atoms with Gasteiger partial charge in [-0.1, -0.05) is 19.8 Å². The van der Waals surface area contributed by atoms with Gasteiger partial charge >= 0.3 is 5.97 Å². The molecule has 0 aliphatic carbocycles. The smallest absolute Gasteiger partial charge is 0.338 e. The number of rotatable bonds is 9. The summed E-state index contributed by atoms with van der Waals surface area (Å²) in [5.41, 5.74) is 2.27. The fourth-order valence-electron chi connectivity index (χ4n) is 2.34. The van der Waals surface area contributed by atoms with E-state index in [0.717, 1.165) is 18.7 Å². The lowest BCUT2D eigenvalue weighted by Gasteiger charge is -2.08. The Labute approximate surface area is 154 Å². The van der Waals surface area contributed by atoms with Crippen molar-refractivity contribution in [1.29, 1.82) is 0 Å². The van der Waals surface area contributed by atoms with Crippen molar-refractivity contribution in [3.05, 3.63) is 53.9 Å². The molecule has 0 saturated carbocycles. The number of unbranched alkanes of at least 4 members (excludes halogenated alkanes) is 2. The summed E-state index contributed by atoms with van der Waals surface area (Å²) in [5.74, 6) is -0.680. The number of hydrogen-bond donors (Lipinski definition) is 2. The predicted octanol–water partition coefficient (Wildman–Crippen LogP) is 4.11. The van der Waals surface area contributed by atoms with Crippen LogP contribution in [0.3, 0.4) is 0 Å². The molecular formula is C20H25N3O3. The Balaban J connectivity index is 1.89. The summed E-state index contributed by atoms with van der Waals surface area (Å²) in [4.78, 5) is 28.1. The Morgan fingerprint density at radius 3 is 2.35 bits per heavy atom. The highest BCUT2D eigenvalue weighted by Gasteiger charge is 2.09. The molecule has 0 saturated heterocycles. The molecule has 2 aromatic rings. The van der Waals surface area contributed by atoms with Crippen molar-refractivity contribution in [1.82, 2.24) is 4.98 Å². The standard InChI is InChI=1S/C20H25N3O3/c1-3-5-6-13-21-17-11-12-18(22-14-17)19(24)23-16-9-7-15(8-10-16)20(25)26-4-2/h7-12,14,21H,3-6,13H2,1-2H3,(H,23,24). The Kier molecular flexibility index (Phi) is 7.61. The van der Waals surface area contributed by atoms with E-state index in [-0.39, 0.29) is 11.9 Å². The molecule has 138 valence electrons. The molecule has 1 heterocycles. The van der Waals surface area contributed by atoms with Crippen molar-refractivity contribution in [2.24, 2.45) is 0 Å². The lowest BCUT2D eigenvalue weighted by atomic mass is 10.2. The predicted molar refractivity (Wildman–Crippen MR) is 103 cm³/mol. The average Bonchev–Trinajstić information content (AvgIpc) is 2.66. The quantitative estimate of drug-likeness (QED) is 0.522. The Hall–Kier alpha value is -2.89. The molecule has 0 aliphatic heterocycles. The lowest BCUT2D eigenvalue weighted by Crippen LogP contribution is -2.14. The van der Waals surface area contributed by atoms with E-state index in [0.29, 0.717) is 23.6 Å². The van der Waals surface area contributed by atoms with Crippen molar-refractivity contribution >= 4 is 23.3 Å². The van der Waals surface area contributed by atoms with Crippen LogP contribution >= 0.6 is 0 Å². The molecule has 2 N–H and O–H groups in total. The summed E-state index contributed by atoms with van der Waals surface area (Å²) in [6.45, 7) is 5.14. The van der Waals surface area contributed by atoms with Gasteiger partial charge in [0.1, 0.15) is 5.69 Å². The van der Waals surface area contributed by atoms with Gasteiger partial charge in [-0.25, -0.2) is 9.78 Å². The van der Waals surface area contributed by atoms with Crippen LogP contribution in [0.25, 0.3) is 0 Å². The van der Waals surface area contributed by atoms with Gasteiger partial charge < -0.3 is 15.4 Å². The van der Waals surface area contributed by atoms with Gasteiger partial charge in [-0.3, -0.25) is 4.79 Å². The molecule has 6 heteroatoms. The second kappa shape index (κ2) is 10.2. The molecule has 0 spiro atoms. The minimum Gasteiger partial charge on any atom is -0.462 e. The minimum atomic E-state index is -0.380. The van der Waals surface area contributed by atoms with E-state index in [4.69, 9.17) is 4.74 Å². The maximum atomic E-state index is 12.3. The monoisotopic (exact) mass is 355 g/mol. The number of pyridine rings is 1. The third kappa shape index (κ3) is 5.88. The van der Waals surface area contributed by atoms with Gasteiger partial charge in [-0.15, -0.1) is 0 Å². The normalized spacial score (nSPS) is 10.2. The van der Waals surface area contributed by atoms with Gasteiger partial charge in [0.25, 0.3) is 5.91 Å². The molecule has 1 aromatic heterocycles. The van der Waals surface area contributed by atoms with E-state index in [1.54, 1.807) is 43.5 Å². The number of anilines is 2. The number of carbonyl (C=O) groups excluding carboxylic acids is 2. The van der Waals surface area contributed by atoms with Crippen molar-refractivity contribution in [2.75, 3.05) is 23.8 Å². The van der Waals surface area contributed by atoms with E-state index in [1.807, 2.05) is 6.07 Å². The number of ether oxygens (including phenoxy) is 1. The van der Waals surface area contributed by atoms with E-state index in [2.05, 4.69) is 22.5 Å². The maximum absolute atomic E-state index is 12.3. The van der Waals surface area contributed by atoms with Gasteiger partial charge in [0.05, 0.1) is 24.1 Å². The van der Waals surface area contributed by atoms with Gasteiger partial charge in [0.2, 0.25) is 0 Å². The zero-order chi connectivity index (χ0) is 18.8.